The maximum absolute atomic E-state index is 9.73. The van der Waals surface area contributed by atoms with Gasteiger partial charge in [0.1, 0.15) is 5.75 Å². The van der Waals surface area contributed by atoms with Crippen LogP contribution in [0.15, 0.2) is 18.2 Å². The molecule has 0 bridgehead atoms. The molecule has 4 heteroatoms. The van der Waals surface area contributed by atoms with E-state index in [0.717, 1.165) is 30.4 Å². The fourth-order valence-corrected chi connectivity index (χ4v) is 1.73. The van der Waals surface area contributed by atoms with Gasteiger partial charge in [-0.25, -0.2) is 0 Å². The zero-order valence-corrected chi connectivity index (χ0v) is 11.3. The van der Waals surface area contributed by atoms with Crippen molar-refractivity contribution < 1.29 is 5.11 Å². The third kappa shape index (κ3) is 5.39. The van der Waals surface area contributed by atoms with Crippen LogP contribution >= 0.6 is 12.4 Å². The molecule has 0 aliphatic heterocycles. The molecule has 0 saturated heterocycles. The van der Waals surface area contributed by atoms with Crippen molar-refractivity contribution in [1.82, 2.24) is 0 Å². The molecule has 2 atom stereocenters. The van der Waals surface area contributed by atoms with Gasteiger partial charge in [-0.3, -0.25) is 0 Å². The lowest BCUT2D eigenvalue weighted by Crippen LogP contribution is -2.22. The van der Waals surface area contributed by atoms with Gasteiger partial charge in [0.25, 0.3) is 0 Å². The van der Waals surface area contributed by atoms with E-state index in [-0.39, 0.29) is 24.5 Å². The van der Waals surface area contributed by atoms with E-state index in [9.17, 15) is 5.11 Å². The Morgan fingerprint density at radius 3 is 2.41 bits per heavy atom. The number of benzene rings is 1. The first-order valence-electron chi connectivity index (χ1n) is 5.84. The Bertz CT molecular complexity index is 342. The molecule has 1 aromatic carbocycles. The monoisotopic (exact) mass is 258 g/mol. The first-order valence-corrected chi connectivity index (χ1v) is 5.84. The van der Waals surface area contributed by atoms with E-state index in [1.807, 2.05) is 26.0 Å². The number of hydrogen-bond acceptors (Lipinski definition) is 3. The lowest BCUT2D eigenvalue weighted by molar-refractivity contribution is 0.463. The number of phenolic OH excluding ortho intramolecular Hbond substituents is 1. The zero-order chi connectivity index (χ0) is 12.1. The van der Waals surface area contributed by atoms with Gasteiger partial charge in [0, 0.05) is 12.1 Å². The Morgan fingerprint density at radius 2 is 1.88 bits per heavy atom. The summed E-state index contributed by atoms with van der Waals surface area (Å²) in [4.78, 5) is 0. The Labute approximate surface area is 110 Å². The molecular weight excluding hydrogens is 236 g/mol. The van der Waals surface area contributed by atoms with Crippen LogP contribution < -0.4 is 11.5 Å². The first kappa shape index (κ1) is 16.2. The smallest absolute Gasteiger partial charge is 0.118 e. The van der Waals surface area contributed by atoms with Crippen LogP contribution in [0.25, 0.3) is 0 Å². The number of rotatable bonds is 5. The molecule has 98 valence electrons. The van der Waals surface area contributed by atoms with Crippen molar-refractivity contribution in [3.63, 3.8) is 0 Å². The summed E-state index contributed by atoms with van der Waals surface area (Å²) in [6.45, 7) is 4.03. The van der Waals surface area contributed by atoms with Crippen LogP contribution in [0.5, 0.6) is 5.75 Å². The summed E-state index contributed by atoms with van der Waals surface area (Å²) in [6, 6.07) is 5.90. The van der Waals surface area contributed by atoms with Crippen LogP contribution in [-0.2, 0) is 12.8 Å². The van der Waals surface area contributed by atoms with Gasteiger partial charge in [-0.15, -0.1) is 12.4 Å². The maximum Gasteiger partial charge on any atom is 0.118 e. The van der Waals surface area contributed by atoms with Gasteiger partial charge in [0.2, 0.25) is 0 Å². The predicted octanol–water partition coefficient (Wildman–Crippen LogP) is 1.98. The van der Waals surface area contributed by atoms with Crippen molar-refractivity contribution >= 4 is 12.4 Å². The molecule has 2 unspecified atom stereocenters. The van der Waals surface area contributed by atoms with Crippen molar-refractivity contribution in [2.24, 2.45) is 11.5 Å². The number of halogens is 1. The summed E-state index contributed by atoms with van der Waals surface area (Å²) in [5.41, 5.74) is 13.7. The average molecular weight is 259 g/mol. The second kappa shape index (κ2) is 7.54. The lowest BCUT2D eigenvalue weighted by atomic mass is 9.99. The van der Waals surface area contributed by atoms with Gasteiger partial charge >= 0.3 is 0 Å². The molecule has 0 radical (unpaired) electrons. The highest BCUT2D eigenvalue weighted by Crippen LogP contribution is 2.21. The molecule has 1 rings (SSSR count). The number of nitrogens with two attached hydrogens (primary N) is 2. The van der Waals surface area contributed by atoms with Crippen molar-refractivity contribution in [3.8, 4) is 5.75 Å². The lowest BCUT2D eigenvalue weighted by Gasteiger charge is -2.12. The quantitative estimate of drug-likeness (QED) is 0.756. The third-order valence-corrected chi connectivity index (χ3v) is 2.71. The standard InChI is InChI=1S/C13H22N2O.ClH/c1-3-12(15)8-11-7-10(6-9(2)14)4-5-13(11)16;/h4-5,7,9,12,16H,3,6,8,14-15H2,1-2H3;1H. The van der Waals surface area contributed by atoms with Gasteiger partial charge in [0.15, 0.2) is 0 Å². The minimum atomic E-state index is 0. The number of phenols is 1. The van der Waals surface area contributed by atoms with E-state index >= 15 is 0 Å². The van der Waals surface area contributed by atoms with E-state index < -0.39 is 0 Å². The zero-order valence-electron chi connectivity index (χ0n) is 10.5. The van der Waals surface area contributed by atoms with E-state index in [0.29, 0.717) is 5.75 Å². The molecule has 3 nitrogen and oxygen atoms in total. The van der Waals surface area contributed by atoms with Crippen LogP contribution in [0.1, 0.15) is 31.4 Å². The summed E-state index contributed by atoms with van der Waals surface area (Å²) in [6.07, 6.45) is 2.46. The van der Waals surface area contributed by atoms with Crippen LogP contribution in [0.3, 0.4) is 0 Å². The van der Waals surface area contributed by atoms with Gasteiger partial charge < -0.3 is 16.6 Å². The molecule has 0 aliphatic carbocycles. The fourth-order valence-electron chi connectivity index (χ4n) is 1.73. The maximum atomic E-state index is 9.73. The van der Waals surface area contributed by atoms with E-state index in [1.54, 1.807) is 6.07 Å². The second-order valence-corrected chi connectivity index (χ2v) is 4.52. The minimum Gasteiger partial charge on any atom is -0.508 e. The summed E-state index contributed by atoms with van der Waals surface area (Å²) in [7, 11) is 0. The van der Waals surface area contributed by atoms with Crippen LogP contribution in [0.4, 0.5) is 0 Å². The van der Waals surface area contributed by atoms with Crippen LogP contribution in [0.2, 0.25) is 0 Å². The van der Waals surface area contributed by atoms with E-state index in [1.165, 1.54) is 0 Å². The van der Waals surface area contributed by atoms with Gasteiger partial charge in [-0.05, 0) is 43.4 Å². The highest BCUT2D eigenvalue weighted by Gasteiger charge is 2.08. The van der Waals surface area contributed by atoms with Gasteiger partial charge in [0.05, 0.1) is 0 Å². The Kier molecular flexibility index (Phi) is 7.19. The Hall–Kier alpha value is -0.770. The van der Waals surface area contributed by atoms with Gasteiger partial charge in [-0.2, -0.15) is 0 Å². The molecule has 0 aliphatic rings. The summed E-state index contributed by atoms with van der Waals surface area (Å²) >= 11 is 0. The van der Waals surface area contributed by atoms with Crippen LogP contribution in [-0.4, -0.2) is 17.2 Å². The molecule has 0 amide bonds. The molecule has 0 saturated carbocycles. The van der Waals surface area contributed by atoms with E-state index in [4.69, 9.17) is 11.5 Å². The molecule has 17 heavy (non-hydrogen) atoms. The highest BCUT2D eigenvalue weighted by atomic mass is 35.5. The summed E-state index contributed by atoms with van der Waals surface area (Å²) < 4.78 is 0. The molecule has 0 spiro atoms. The van der Waals surface area contributed by atoms with Crippen LogP contribution in [0, 0.1) is 0 Å². The SMILES string of the molecule is CCC(N)Cc1cc(CC(C)N)ccc1O.Cl. The number of aromatic hydroxyl groups is 1. The molecular formula is C13H23ClN2O. The molecule has 0 fully saturated rings. The van der Waals surface area contributed by atoms with Crippen molar-refractivity contribution in [1.29, 1.82) is 0 Å². The first-order chi connectivity index (χ1) is 7.52. The Morgan fingerprint density at radius 1 is 1.24 bits per heavy atom. The molecule has 1 aromatic rings. The fraction of sp³-hybridized carbons (Fsp3) is 0.538. The van der Waals surface area contributed by atoms with Crippen molar-refractivity contribution in [2.45, 2.75) is 45.2 Å². The largest absolute Gasteiger partial charge is 0.508 e. The van der Waals surface area contributed by atoms with E-state index in [2.05, 4.69) is 0 Å². The highest BCUT2D eigenvalue weighted by molar-refractivity contribution is 5.85. The third-order valence-electron chi connectivity index (χ3n) is 2.71. The Balaban J connectivity index is 0.00000256. The number of hydrogen-bond donors (Lipinski definition) is 3. The summed E-state index contributed by atoms with van der Waals surface area (Å²) in [5, 5.41) is 9.73. The molecule has 0 aromatic heterocycles. The normalized spacial score (nSPS) is 13.9. The average Bonchev–Trinajstić information content (AvgIpc) is 2.22. The predicted molar refractivity (Wildman–Crippen MR) is 74.7 cm³/mol. The summed E-state index contributed by atoms with van der Waals surface area (Å²) in [5.74, 6) is 0.331. The topological polar surface area (TPSA) is 72.3 Å². The molecule has 5 N–H and O–H groups in total. The minimum absolute atomic E-state index is 0. The molecule has 0 heterocycles. The second-order valence-electron chi connectivity index (χ2n) is 4.52. The van der Waals surface area contributed by atoms with Crippen molar-refractivity contribution in [2.75, 3.05) is 0 Å². The van der Waals surface area contributed by atoms with Crippen molar-refractivity contribution in [3.05, 3.63) is 29.3 Å². The van der Waals surface area contributed by atoms with Gasteiger partial charge in [-0.1, -0.05) is 19.1 Å².